The maximum absolute atomic E-state index is 13.2. The number of ether oxygens (including phenoxy) is 1. The minimum absolute atomic E-state index is 0.273. The normalized spacial score (nSPS) is 11.6. The topological polar surface area (TPSA) is 55.0 Å². The summed E-state index contributed by atoms with van der Waals surface area (Å²) in [5, 5.41) is 11.2. The number of aromatic nitrogens is 1. The number of hydrogen-bond donors (Lipinski definition) is 0. The lowest BCUT2D eigenvalue weighted by molar-refractivity contribution is 0.0691. The van der Waals surface area contributed by atoms with E-state index in [9.17, 15) is 10.1 Å². The molecular weight excluding hydrogens is 524 g/mol. The van der Waals surface area contributed by atoms with E-state index in [4.69, 9.17) is 4.74 Å². The van der Waals surface area contributed by atoms with Crippen molar-refractivity contribution in [2.75, 3.05) is 0 Å². The Labute approximate surface area is 224 Å². The van der Waals surface area contributed by atoms with Gasteiger partial charge in [-0.05, 0) is 35.4 Å². The standard InChI is InChI=1S/C32H23BrN2O2/c33-29-17-9-7-15-25(29)19-26(20-34)31(37-32(36)24-13-5-2-6-14-24)28-22-35(21-23-11-3-1-4-12-23)30-18-10-8-16-27(28)30/h1-18,22H,19,21H2/b31-26+. The number of hydrogen-bond acceptors (Lipinski definition) is 3. The van der Waals surface area contributed by atoms with Crippen LogP contribution < -0.4 is 0 Å². The van der Waals surface area contributed by atoms with Crippen LogP contribution in [0.1, 0.15) is 27.0 Å². The Morgan fingerprint density at radius 1 is 0.838 bits per heavy atom. The van der Waals surface area contributed by atoms with E-state index >= 15 is 0 Å². The van der Waals surface area contributed by atoms with Gasteiger partial charge in [0.15, 0.2) is 5.76 Å². The summed E-state index contributed by atoms with van der Waals surface area (Å²) in [5.74, 6) is -0.231. The number of rotatable bonds is 7. The van der Waals surface area contributed by atoms with Gasteiger partial charge in [-0.1, -0.05) is 101 Å². The molecule has 0 saturated carbocycles. The SMILES string of the molecule is N#C/C(Cc1ccccc1Br)=C(/OC(=O)c1ccccc1)c1cn(Cc2ccccc2)c2ccccc12. The van der Waals surface area contributed by atoms with Crippen LogP contribution in [0.25, 0.3) is 16.7 Å². The Morgan fingerprint density at radius 3 is 2.22 bits per heavy atom. The zero-order valence-corrected chi connectivity index (χ0v) is 21.6. The van der Waals surface area contributed by atoms with Crippen LogP contribution in [0, 0.1) is 11.3 Å². The van der Waals surface area contributed by atoms with E-state index < -0.39 is 5.97 Å². The first-order valence-electron chi connectivity index (χ1n) is 11.9. The number of carbonyl (C=O) groups excluding carboxylic acids is 1. The number of halogens is 1. The molecule has 0 amide bonds. The van der Waals surface area contributed by atoms with Gasteiger partial charge in [0.05, 0.1) is 17.2 Å². The molecule has 0 bridgehead atoms. The summed E-state index contributed by atoms with van der Waals surface area (Å²) in [6.07, 6.45) is 2.29. The first-order chi connectivity index (χ1) is 18.1. The van der Waals surface area contributed by atoms with Crippen molar-refractivity contribution in [2.24, 2.45) is 0 Å². The lowest BCUT2D eigenvalue weighted by Crippen LogP contribution is -2.07. The number of fused-ring (bicyclic) bond motifs is 1. The van der Waals surface area contributed by atoms with Crippen molar-refractivity contribution in [2.45, 2.75) is 13.0 Å². The highest BCUT2D eigenvalue weighted by Gasteiger charge is 2.22. The van der Waals surface area contributed by atoms with Crippen LogP contribution in [0.2, 0.25) is 0 Å². The third-order valence-corrected chi connectivity index (χ3v) is 6.94. The average molecular weight is 547 g/mol. The first-order valence-corrected chi connectivity index (χ1v) is 12.7. The molecule has 4 aromatic carbocycles. The van der Waals surface area contributed by atoms with Crippen molar-refractivity contribution in [1.82, 2.24) is 4.57 Å². The van der Waals surface area contributed by atoms with Crippen LogP contribution in [-0.2, 0) is 17.7 Å². The second-order valence-electron chi connectivity index (χ2n) is 8.62. The molecule has 1 heterocycles. The number of allylic oxidation sites excluding steroid dienone is 1. The number of para-hydroxylation sites is 1. The molecule has 0 spiro atoms. The molecule has 5 aromatic rings. The first kappa shape index (κ1) is 24.3. The Kier molecular flexibility index (Phi) is 7.30. The monoisotopic (exact) mass is 546 g/mol. The van der Waals surface area contributed by atoms with E-state index in [1.54, 1.807) is 24.3 Å². The summed E-state index contributed by atoms with van der Waals surface area (Å²) in [5.41, 5.74) is 4.58. The number of carbonyl (C=O) groups is 1. The van der Waals surface area contributed by atoms with Crippen LogP contribution in [0.4, 0.5) is 0 Å². The highest BCUT2D eigenvalue weighted by molar-refractivity contribution is 9.10. The fourth-order valence-corrected chi connectivity index (χ4v) is 4.77. The number of nitrogens with zero attached hydrogens (tertiary/aromatic N) is 2. The number of benzene rings is 4. The maximum Gasteiger partial charge on any atom is 0.343 e. The zero-order valence-electron chi connectivity index (χ0n) is 20.0. The highest BCUT2D eigenvalue weighted by atomic mass is 79.9. The van der Waals surface area contributed by atoms with Gasteiger partial charge < -0.3 is 9.30 Å². The Morgan fingerprint density at radius 2 is 1.49 bits per heavy atom. The second kappa shape index (κ2) is 11.1. The lowest BCUT2D eigenvalue weighted by Gasteiger charge is -2.12. The summed E-state index contributed by atoms with van der Waals surface area (Å²) < 4.78 is 9.07. The molecule has 0 aliphatic heterocycles. The van der Waals surface area contributed by atoms with Crippen LogP contribution in [-0.4, -0.2) is 10.5 Å². The zero-order chi connectivity index (χ0) is 25.6. The van der Waals surface area contributed by atoms with Crippen LogP contribution in [0.3, 0.4) is 0 Å². The predicted octanol–water partition coefficient (Wildman–Crippen LogP) is 7.79. The van der Waals surface area contributed by atoms with E-state index in [0.717, 1.165) is 26.5 Å². The Hall–Kier alpha value is -4.40. The Bertz CT molecular complexity index is 1630. The van der Waals surface area contributed by atoms with E-state index in [1.165, 1.54) is 0 Å². The average Bonchev–Trinajstić information content (AvgIpc) is 3.30. The molecule has 0 aliphatic rings. The van der Waals surface area contributed by atoms with Crippen molar-refractivity contribution in [3.63, 3.8) is 0 Å². The van der Waals surface area contributed by atoms with Crippen molar-refractivity contribution in [3.8, 4) is 6.07 Å². The van der Waals surface area contributed by atoms with Crippen molar-refractivity contribution in [1.29, 1.82) is 5.26 Å². The fraction of sp³-hybridized carbons (Fsp3) is 0.0625. The molecule has 5 heteroatoms. The lowest BCUT2D eigenvalue weighted by atomic mass is 10.0. The third kappa shape index (κ3) is 5.40. The van der Waals surface area contributed by atoms with Crippen molar-refractivity contribution in [3.05, 3.63) is 148 Å². The summed E-state index contributed by atoms with van der Waals surface area (Å²) in [6, 6.07) is 37.1. The van der Waals surface area contributed by atoms with E-state index in [1.807, 2.05) is 79.0 Å². The predicted molar refractivity (Wildman–Crippen MR) is 150 cm³/mol. The Balaban J connectivity index is 1.66. The van der Waals surface area contributed by atoms with Crippen LogP contribution in [0.15, 0.2) is 125 Å². The summed E-state index contributed by atoms with van der Waals surface area (Å²) >= 11 is 3.58. The molecule has 0 atom stereocenters. The quantitative estimate of drug-likeness (QED) is 0.119. The van der Waals surface area contributed by atoms with Crippen LogP contribution in [0.5, 0.6) is 0 Å². The molecule has 0 N–H and O–H groups in total. The molecule has 0 saturated heterocycles. The van der Waals surface area contributed by atoms with Gasteiger partial charge in [-0.15, -0.1) is 0 Å². The largest absolute Gasteiger partial charge is 0.421 e. The smallest absolute Gasteiger partial charge is 0.343 e. The molecule has 0 fully saturated rings. The third-order valence-electron chi connectivity index (χ3n) is 6.17. The molecule has 0 radical (unpaired) electrons. The molecule has 1 aromatic heterocycles. The minimum atomic E-state index is -0.504. The molecule has 37 heavy (non-hydrogen) atoms. The van der Waals surface area contributed by atoms with Gasteiger partial charge in [-0.2, -0.15) is 5.26 Å². The fourth-order valence-electron chi connectivity index (χ4n) is 4.35. The van der Waals surface area contributed by atoms with Gasteiger partial charge in [-0.3, -0.25) is 0 Å². The molecular formula is C32H23BrN2O2. The highest BCUT2D eigenvalue weighted by Crippen LogP contribution is 2.33. The van der Waals surface area contributed by atoms with Gasteiger partial charge in [-0.25, -0.2) is 4.79 Å². The van der Waals surface area contributed by atoms with Gasteiger partial charge in [0.2, 0.25) is 0 Å². The molecule has 5 rings (SSSR count). The van der Waals surface area contributed by atoms with E-state index in [0.29, 0.717) is 29.7 Å². The molecule has 0 aliphatic carbocycles. The summed E-state index contributed by atoms with van der Waals surface area (Å²) in [6.45, 7) is 0.646. The van der Waals surface area contributed by atoms with Gasteiger partial charge in [0, 0.05) is 40.1 Å². The van der Waals surface area contributed by atoms with Crippen molar-refractivity contribution >= 4 is 38.6 Å². The molecule has 180 valence electrons. The second-order valence-corrected chi connectivity index (χ2v) is 9.47. The molecule has 0 unspecified atom stereocenters. The molecule has 4 nitrogen and oxygen atoms in total. The van der Waals surface area contributed by atoms with Gasteiger partial charge in [0.25, 0.3) is 0 Å². The summed E-state index contributed by atoms with van der Waals surface area (Å²) in [4.78, 5) is 13.2. The van der Waals surface area contributed by atoms with Gasteiger partial charge >= 0.3 is 5.97 Å². The number of esters is 1. The van der Waals surface area contributed by atoms with Crippen LogP contribution >= 0.6 is 15.9 Å². The number of nitriles is 1. The maximum atomic E-state index is 13.2. The van der Waals surface area contributed by atoms with Gasteiger partial charge in [0.1, 0.15) is 0 Å². The summed E-state index contributed by atoms with van der Waals surface area (Å²) in [7, 11) is 0. The van der Waals surface area contributed by atoms with E-state index in [2.05, 4.69) is 38.7 Å². The minimum Gasteiger partial charge on any atom is -0.421 e. The van der Waals surface area contributed by atoms with E-state index in [-0.39, 0.29) is 5.76 Å². The van der Waals surface area contributed by atoms with Crippen molar-refractivity contribution < 1.29 is 9.53 Å².